The Morgan fingerprint density at radius 2 is 1.95 bits per heavy atom. The quantitative estimate of drug-likeness (QED) is 0.674. The first-order valence-electron chi connectivity index (χ1n) is 5.73. The van der Waals surface area contributed by atoms with Gasteiger partial charge in [0.1, 0.15) is 12.4 Å². The lowest BCUT2D eigenvalue weighted by atomic mass is 10.1. The molecule has 0 aromatic heterocycles. The van der Waals surface area contributed by atoms with Gasteiger partial charge >= 0.3 is 5.97 Å². The van der Waals surface area contributed by atoms with Gasteiger partial charge in [-0.15, -0.1) is 0 Å². The summed E-state index contributed by atoms with van der Waals surface area (Å²) in [6.45, 7) is -0.0677. The van der Waals surface area contributed by atoms with E-state index in [2.05, 4.69) is 0 Å². The van der Waals surface area contributed by atoms with Gasteiger partial charge in [0.2, 0.25) is 0 Å². The molecule has 0 aliphatic heterocycles. The largest absolute Gasteiger partial charge is 0.457 e. The van der Waals surface area contributed by atoms with Crippen LogP contribution in [0.5, 0.6) is 0 Å². The number of rotatable bonds is 3. The summed E-state index contributed by atoms with van der Waals surface area (Å²) in [5.74, 6) is -1.05. The maximum atomic E-state index is 12.9. The van der Waals surface area contributed by atoms with Crippen LogP contribution < -0.4 is 11.5 Å². The maximum absolute atomic E-state index is 12.9. The van der Waals surface area contributed by atoms with Crippen molar-refractivity contribution in [2.75, 3.05) is 11.5 Å². The fourth-order valence-electron chi connectivity index (χ4n) is 1.63. The Bertz CT molecular complexity index is 662. The minimum absolute atomic E-state index is 0.0677. The van der Waals surface area contributed by atoms with Crippen LogP contribution in [-0.4, -0.2) is 5.97 Å². The summed E-state index contributed by atoms with van der Waals surface area (Å²) in [5, 5.41) is 0.197. The molecule has 0 fully saturated rings. The first-order valence-corrected chi connectivity index (χ1v) is 6.11. The monoisotopic (exact) mass is 294 g/mol. The summed E-state index contributed by atoms with van der Waals surface area (Å²) >= 11 is 5.84. The normalized spacial score (nSPS) is 10.3. The maximum Gasteiger partial charge on any atom is 0.340 e. The van der Waals surface area contributed by atoms with Crippen molar-refractivity contribution in [1.29, 1.82) is 0 Å². The zero-order valence-electron chi connectivity index (χ0n) is 10.4. The minimum atomic E-state index is -0.595. The molecule has 0 atom stereocenters. The topological polar surface area (TPSA) is 78.3 Å². The number of hydrogen-bond donors (Lipinski definition) is 2. The van der Waals surface area contributed by atoms with Gasteiger partial charge in [-0.25, -0.2) is 9.18 Å². The van der Waals surface area contributed by atoms with Crippen molar-refractivity contribution >= 4 is 28.9 Å². The van der Waals surface area contributed by atoms with E-state index < -0.39 is 11.8 Å². The number of benzene rings is 2. The molecule has 104 valence electrons. The van der Waals surface area contributed by atoms with Gasteiger partial charge in [0, 0.05) is 16.9 Å². The van der Waals surface area contributed by atoms with Gasteiger partial charge in [-0.2, -0.15) is 0 Å². The lowest BCUT2D eigenvalue weighted by Gasteiger charge is -2.08. The summed E-state index contributed by atoms with van der Waals surface area (Å²) in [7, 11) is 0. The van der Waals surface area contributed by atoms with Crippen molar-refractivity contribution in [3.63, 3.8) is 0 Å². The second-order valence-corrected chi connectivity index (χ2v) is 4.57. The van der Waals surface area contributed by atoms with Crippen molar-refractivity contribution in [1.82, 2.24) is 0 Å². The molecule has 0 saturated carbocycles. The Morgan fingerprint density at radius 1 is 1.20 bits per heavy atom. The molecule has 0 radical (unpaired) electrons. The molecule has 4 N–H and O–H groups in total. The highest BCUT2D eigenvalue weighted by Gasteiger charge is 2.12. The number of carbonyl (C=O) groups excluding carboxylic acids is 1. The smallest absolute Gasteiger partial charge is 0.340 e. The molecule has 2 rings (SSSR count). The molecule has 0 spiro atoms. The number of nitrogen functional groups attached to an aromatic ring is 2. The lowest BCUT2D eigenvalue weighted by molar-refractivity contribution is 0.0474. The van der Waals surface area contributed by atoms with Crippen LogP contribution in [-0.2, 0) is 11.3 Å². The molecule has 6 heteroatoms. The van der Waals surface area contributed by atoms with Gasteiger partial charge in [0.05, 0.1) is 10.6 Å². The third-order valence-corrected chi connectivity index (χ3v) is 3.02. The fraction of sp³-hybridized carbons (Fsp3) is 0.0714. The van der Waals surface area contributed by atoms with Crippen LogP contribution in [0.1, 0.15) is 15.9 Å². The summed E-state index contributed by atoms with van der Waals surface area (Å²) in [6.07, 6.45) is 0. The number of esters is 1. The number of ether oxygens (including phenoxy) is 1. The van der Waals surface area contributed by atoms with Crippen LogP contribution in [0.15, 0.2) is 36.4 Å². The molecular weight excluding hydrogens is 283 g/mol. The van der Waals surface area contributed by atoms with Gasteiger partial charge in [-0.05, 0) is 30.3 Å². The minimum Gasteiger partial charge on any atom is -0.457 e. The molecule has 0 unspecified atom stereocenters. The van der Waals surface area contributed by atoms with Crippen molar-refractivity contribution in [3.8, 4) is 0 Å². The molecule has 2 aromatic carbocycles. The van der Waals surface area contributed by atoms with E-state index in [-0.39, 0.29) is 22.9 Å². The highest BCUT2D eigenvalue weighted by atomic mass is 35.5. The second-order valence-electron chi connectivity index (χ2n) is 4.16. The van der Waals surface area contributed by atoms with Crippen molar-refractivity contribution < 1.29 is 13.9 Å². The van der Waals surface area contributed by atoms with E-state index >= 15 is 0 Å². The highest BCUT2D eigenvalue weighted by Crippen LogP contribution is 2.20. The van der Waals surface area contributed by atoms with E-state index in [0.717, 1.165) is 6.07 Å². The summed E-state index contributed by atoms with van der Waals surface area (Å²) in [5.41, 5.74) is 12.7. The molecule has 0 amide bonds. The third kappa shape index (κ3) is 3.19. The zero-order valence-corrected chi connectivity index (χ0v) is 11.2. The molecule has 4 nitrogen and oxygen atoms in total. The van der Waals surface area contributed by atoms with Crippen LogP contribution >= 0.6 is 11.6 Å². The van der Waals surface area contributed by atoms with Crippen LogP contribution in [0.4, 0.5) is 15.8 Å². The van der Waals surface area contributed by atoms with Crippen molar-refractivity contribution in [2.24, 2.45) is 0 Å². The Hall–Kier alpha value is -2.27. The second kappa shape index (κ2) is 5.79. The SMILES string of the molecule is Nc1ccc(C(=O)OCc2ccc(F)cc2Cl)c(N)c1. The lowest BCUT2D eigenvalue weighted by Crippen LogP contribution is -2.09. The summed E-state index contributed by atoms with van der Waals surface area (Å²) < 4.78 is 18.0. The number of nitrogens with two attached hydrogens (primary N) is 2. The van der Waals surface area contributed by atoms with E-state index in [0.29, 0.717) is 11.3 Å². The van der Waals surface area contributed by atoms with Crippen molar-refractivity contribution in [3.05, 3.63) is 58.4 Å². The molecule has 0 aliphatic carbocycles. The third-order valence-electron chi connectivity index (χ3n) is 2.67. The van der Waals surface area contributed by atoms with Crippen LogP contribution in [0, 0.1) is 5.82 Å². The molecule has 2 aromatic rings. The van der Waals surface area contributed by atoms with Gasteiger partial charge in [0.25, 0.3) is 0 Å². The van der Waals surface area contributed by atoms with E-state index in [1.807, 2.05) is 0 Å². The fourth-order valence-corrected chi connectivity index (χ4v) is 1.85. The molecule has 0 heterocycles. The van der Waals surface area contributed by atoms with Gasteiger partial charge in [-0.1, -0.05) is 17.7 Å². The molecule has 0 bridgehead atoms. The van der Waals surface area contributed by atoms with E-state index in [4.69, 9.17) is 27.8 Å². The van der Waals surface area contributed by atoms with Gasteiger partial charge in [-0.3, -0.25) is 0 Å². The number of hydrogen-bond acceptors (Lipinski definition) is 4. The Labute approximate surface area is 120 Å². The molecular formula is C14H12ClFN2O2. The molecule has 0 aliphatic rings. The Morgan fingerprint density at radius 3 is 2.60 bits per heavy atom. The average molecular weight is 295 g/mol. The predicted octanol–water partition coefficient (Wildman–Crippen LogP) is 3.00. The first-order chi connectivity index (χ1) is 9.47. The van der Waals surface area contributed by atoms with Crippen molar-refractivity contribution in [2.45, 2.75) is 6.61 Å². The number of halogens is 2. The highest BCUT2D eigenvalue weighted by molar-refractivity contribution is 6.31. The molecule has 20 heavy (non-hydrogen) atoms. The summed E-state index contributed by atoms with van der Waals surface area (Å²) in [4.78, 5) is 11.9. The van der Waals surface area contributed by atoms with Crippen LogP contribution in [0.25, 0.3) is 0 Å². The van der Waals surface area contributed by atoms with E-state index in [9.17, 15) is 9.18 Å². The van der Waals surface area contributed by atoms with Crippen LogP contribution in [0.3, 0.4) is 0 Å². The zero-order chi connectivity index (χ0) is 14.7. The molecule has 0 saturated heterocycles. The van der Waals surface area contributed by atoms with Gasteiger partial charge in [0.15, 0.2) is 0 Å². The van der Waals surface area contributed by atoms with E-state index in [1.54, 1.807) is 6.07 Å². The standard InChI is InChI=1S/C14H12ClFN2O2/c15-12-5-9(16)2-1-8(12)7-20-14(19)11-4-3-10(17)6-13(11)18/h1-6H,7,17-18H2. The number of anilines is 2. The van der Waals surface area contributed by atoms with E-state index in [1.165, 1.54) is 24.3 Å². The average Bonchev–Trinajstić information content (AvgIpc) is 2.37. The summed E-state index contributed by atoms with van der Waals surface area (Å²) in [6, 6.07) is 8.37. The van der Waals surface area contributed by atoms with Crippen LogP contribution in [0.2, 0.25) is 5.02 Å². The first kappa shape index (κ1) is 14.1. The van der Waals surface area contributed by atoms with Gasteiger partial charge < -0.3 is 16.2 Å². The Balaban J connectivity index is 2.08. The predicted molar refractivity (Wildman–Crippen MR) is 75.8 cm³/mol. The number of carbonyl (C=O) groups is 1. The Kier molecular flexibility index (Phi) is 4.10.